The third-order valence-corrected chi connectivity index (χ3v) is 3.69. The molecule has 4 nitrogen and oxygen atoms in total. The van der Waals surface area contributed by atoms with Crippen LogP contribution in [-0.2, 0) is 15.2 Å². The molecule has 4 heteroatoms. The number of fused-ring (bicyclic) bond motifs is 1. The van der Waals surface area contributed by atoms with Crippen molar-refractivity contribution in [1.82, 2.24) is 0 Å². The third-order valence-electron chi connectivity index (χ3n) is 3.69. The second-order valence-electron chi connectivity index (χ2n) is 5.25. The van der Waals surface area contributed by atoms with Gasteiger partial charge >= 0.3 is 0 Å². The fourth-order valence-corrected chi connectivity index (χ4v) is 2.54. The Kier molecular flexibility index (Phi) is 3.61. The van der Waals surface area contributed by atoms with Crippen LogP contribution in [0.1, 0.15) is 17.5 Å². The zero-order valence-electron chi connectivity index (χ0n) is 11.8. The van der Waals surface area contributed by atoms with Crippen LogP contribution in [-0.4, -0.2) is 16.8 Å². The van der Waals surface area contributed by atoms with Crippen LogP contribution in [0.25, 0.3) is 6.08 Å². The number of nitrogens with one attached hydrogen (secondary N) is 1. The Morgan fingerprint density at radius 1 is 1.09 bits per heavy atom. The third kappa shape index (κ3) is 2.56. The van der Waals surface area contributed by atoms with E-state index in [4.69, 9.17) is 0 Å². The summed E-state index contributed by atoms with van der Waals surface area (Å²) >= 11 is 0. The molecule has 0 unspecified atom stereocenters. The number of benzene rings is 2. The molecule has 1 atom stereocenters. The lowest BCUT2D eigenvalue weighted by Gasteiger charge is -2.18. The number of allylic oxidation sites excluding steroid dienone is 1. The zero-order chi connectivity index (χ0) is 15.6. The lowest BCUT2D eigenvalue weighted by atomic mass is 9.90. The molecule has 0 fully saturated rings. The molecule has 0 bridgehead atoms. The van der Waals surface area contributed by atoms with Gasteiger partial charge in [0.1, 0.15) is 0 Å². The quantitative estimate of drug-likeness (QED) is 0.851. The minimum Gasteiger partial charge on any atom is -0.375 e. The van der Waals surface area contributed by atoms with E-state index in [9.17, 15) is 14.7 Å². The van der Waals surface area contributed by atoms with Crippen molar-refractivity contribution in [2.45, 2.75) is 12.0 Å². The first-order valence-electron chi connectivity index (χ1n) is 6.99. The van der Waals surface area contributed by atoms with Gasteiger partial charge in [0.05, 0.1) is 6.42 Å². The Morgan fingerprint density at radius 3 is 2.55 bits per heavy atom. The van der Waals surface area contributed by atoms with Crippen LogP contribution in [0.3, 0.4) is 0 Å². The van der Waals surface area contributed by atoms with Gasteiger partial charge < -0.3 is 10.4 Å². The number of anilines is 1. The Morgan fingerprint density at radius 2 is 1.77 bits per heavy atom. The minimum absolute atomic E-state index is 0.279. The minimum atomic E-state index is -1.80. The van der Waals surface area contributed by atoms with E-state index in [1.54, 1.807) is 30.3 Å². The number of carbonyl (C=O) groups is 2. The fourth-order valence-electron chi connectivity index (χ4n) is 2.54. The second-order valence-corrected chi connectivity index (χ2v) is 5.25. The number of carbonyl (C=O) groups excluding carboxylic acids is 2. The Balaban J connectivity index is 1.79. The maximum absolute atomic E-state index is 12.1. The lowest BCUT2D eigenvalue weighted by molar-refractivity contribution is -0.138. The van der Waals surface area contributed by atoms with Crippen molar-refractivity contribution in [1.29, 1.82) is 0 Å². The van der Waals surface area contributed by atoms with Crippen LogP contribution in [0, 0.1) is 0 Å². The highest BCUT2D eigenvalue weighted by Gasteiger charge is 2.46. The molecular weight excluding hydrogens is 278 g/mol. The normalized spacial score (nSPS) is 20.0. The van der Waals surface area contributed by atoms with E-state index in [0.29, 0.717) is 11.3 Å². The summed E-state index contributed by atoms with van der Waals surface area (Å²) in [7, 11) is 0. The summed E-state index contributed by atoms with van der Waals surface area (Å²) in [5.41, 5.74) is 0.0877. The predicted molar refractivity (Wildman–Crippen MR) is 84.1 cm³/mol. The Hall–Kier alpha value is -2.72. The summed E-state index contributed by atoms with van der Waals surface area (Å²) in [4.78, 5) is 24.1. The van der Waals surface area contributed by atoms with Gasteiger partial charge in [-0.1, -0.05) is 54.6 Å². The van der Waals surface area contributed by atoms with Crippen LogP contribution in [0.4, 0.5) is 5.69 Å². The summed E-state index contributed by atoms with van der Waals surface area (Å²) in [5.74, 6) is -0.867. The average molecular weight is 293 g/mol. The zero-order valence-corrected chi connectivity index (χ0v) is 11.8. The van der Waals surface area contributed by atoms with Crippen LogP contribution in [0.15, 0.2) is 60.7 Å². The van der Waals surface area contributed by atoms with Crippen molar-refractivity contribution in [3.63, 3.8) is 0 Å². The van der Waals surface area contributed by atoms with Gasteiger partial charge in [-0.2, -0.15) is 0 Å². The predicted octanol–water partition coefficient (Wildman–Crippen LogP) is 2.50. The molecule has 0 spiro atoms. The first kappa shape index (κ1) is 14.2. The highest BCUT2D eigenvalue weighted by molar-refractivity contribution is 6.08. The van der Waals surface area contributed by atoms with E-state index < -0.39 is 11.5 Å². The van der Waals surface area contributed by atoms with Gasteiger partial charge in [0, 0.05) is 11.3 Å². The summed E-state index contributed by atoms with van der Waals surface area (Å²) in [6.45, 7) is 0. The standard InChI is InChI=1S/C18H15NO3/c20-14(11-10-13-6-2-1-3-7-13)12-18(22)15-8-4-5-9-16(15)19-17(18)21/h1-11,22H,12H2,(H,19,21)/b11-10+/t18-/m0/s1. The maximum atomic E-state index is 12.1. The molecule has 1 aliphatic rings. The average Bonchev–Trinajstić information content (AvgIpc) is 2.78. The Bertz CT molecular complexity index is 752. The largest absolute Gasteiger partial charge is 0.375 e. The van der Waals surface area contributed by atoms with Crippen LogP contribution in [0.2, 0.25) is 0 Å². The van der Waals surface area contributed by atoms with E-state index in [1.807, 2.05) is 30.3 Å². The topological polar surface area (TPSA) is 66.4 Å². The van der Waals surface area contributed by atoms with Gasteiger partial charge in [-0.25, -0.2) is 0 Å². The van der Waals surface area contributed by atoms with E-state index in [-0.39, 0.29) is 12.2 Å². The summed E-state index contributed by atoms with van der Waals surface area (Å²) < 4.78 is 0. The number of hydrogen-bond donors (Lipinski definition) is 2. The molecule has 0 aromatic heterocycles. The summed E-state index contributed by atoms with van der Waals surface area (Å²) in [5, 5.41) is 13.2. The molecular formula is C18H15NO3. The number of aliphatic hydroxyl groups is 1. The SMILES string of the molecule is O=C(/C=C/c1ccccc1)C[C@@]1(O)C(=O)Nc2ccccc21. The first-order chi connectivity index (χ1) is 10.6. The molecule has 2 aromatic rings. The second kappa shape index (κ2) is 5.58. The van der Waals surface area contributed by atoms with E-state index >= 15 is 0 Å². The van der Waals surface area contributed by atoms with E-state index in [1.165, 1.54) is 6.08 Å². The summed E-state index contributed by atoms with van der Waals surface area (Å²) in [6.07, 6.45) is 2.78. The number of hydrogen-bond acceptors (Lipinski definition) is 3. The molecule has 1 heterocycles. The molecule has 0 radical (unpaired) electrons. The van der Waals surface area contributed by atoms with Gasteiger partial charge in [-0.05, 0) is 17.7 Å². The molecule has 0 saturated carbocycles. The van der Waals surface area contributed by atoms with Crippen molar-refractivity contribution in [3.8, 4) is 0 Å². The molecule has 22 heavy (non-hydrogen) atoms. The molecule has 1 aliphatic heterocycles. The van der Waals surface area contributed by atoms with Crippen molar-refractivity contribution in [3.05, 3.63) is 71.8 Å². The van der Waals surface area contributed by atoms with Gasteiger partial charge in [0.15, 0.2) is 11.4 Å². The lowest BCUT2D eigenvalue weighted by Crippen LogP contribution is -2.36. The highest BCUT2D eigenvalue weighted by Crippen LogP contribution is 2.38. The number of ketones is 1. The smallest absolute Gasteiger partial charge is 0.261 e. The molecule has 2 aromatic carbocycles. The number of para-hydroxylation sites is 1. The van der Waals surface area contributed by atoms with Crippen molar-refractivity contribution in [2.75, 3.05) is 5.32 Å². The molecule has 1 amide bonds. The van der Waals surface area contributed by atoms with E-state index in [2.05, 4.69) is 5.32 Å². The first-order valence-corrected chi connectivity index (χ1v) is 6.99. The molecule has 110 valence electrons. The maximum Gasteiger partial charge on any atom is 0.261 e. The van der Waals surface area contributed by atoms with Crippen LogP contribution >= 0.6 is 0 Å². The molecule has 2 N–H and O–H groups in total. The van der Waals surface area contributed by atoms with E-state index in [0.717, 1.165) is 5.56 Å². The van der Waals surface area contributed by atoms with Gasteiger partial charge in [-0.3, -0.25) is 9.59 Å². The van der Waals surface area contributed by atoms with Gasteiger partial charge in [-0.15, -0.1) is 0 Å². The molecule has 0 saturated heterocycles. The van der Waals surface area contributed by atoms with Crippen LogP contribution in [0.5, 0.6) is 0 Å². The van der Waals surface area contributed by atoms with Crippen molar-refractivity contribution in [2.24, 2.45) is 0 Å². The number of amides is 1. The Labute approximate surface area is 128 Å². The fraction of sp³-hybridized carbons (Fsp3) is 0.111. The van der Waals surface area contributed by atoms with Gasteiger partial charge in [0.25, 0.3) is 5.91 Å². The highest BCUT2D eigenvalue weighted by atomic mass is 16.3. The molecule has 3 rings (SSSR count). The van der Waals surface area contributed by atoms with Crippen molar-refractivity contribution < 1.29 is 14.7 Å². The number of rotatable bonds is 4. The summed E-state index contributed by atoms with van der Waals surface area (Å²) in [6, 6.07) is 16.2. The van der Waals surface area contributed by atoms with Crippen molar-refractivity contribution >= 4 is 23.5 Å². The molecule has 0 aliphatic carbocycles. The van der Waals surface area contributed by atoms with Gasteiger partial charge in [0.2, 0.25) is 0 Å². The monoisotopic (exact) mass is 293 g/mol. The van der Waals surface area contributed by atoms with Crippen LogP contribution < -0.4 is 5.32 Å².